The maximum Gasteiger partial charge on any atom is 0.317 e. The Morgan fingerprint density at radius 3 is 3.17 bits per heavy atom. The maximum atomic E-state index is 11.9. The van der Waals surface area contributed by atoms with Crippen molar-refractivity contribution in [3.63, 3.8) is 0 Å². The van der Waals surface area contributed by atoms with Gasteiger partial charge >= 0.3 is 6.03 Å². The van der Waals surface area contributed by atoms with Gasteiger partial charge in [0.2, 0.25) is 0 Å². The second-order valence-corrected chi connectivity index (χ2v) is 4.79. The number of amides is 2. The van der Waals surface area contributed by atoms with Crippen LogP contribution in [0.5, 0.6) is 0 Å². The summed E-state index contributed by atoms with van der Waals surface area (Å²) in [6.45, 7) is 2.83. The van der Waals surface area contributed by atoms with Gasteiger partial charge < -0.3 is 15.0 Å². The number of carbonyl (C=O) groups is 1. The van der Waals surface area contributed by atoms with Crippen LogP contribution in [0.4, 0.5) is 4.79 Å². The molecule has 1 fully saturated rings. The lowest BCUT2D eigenvalue weighted by molar-refractivity contribution is 0.182. The highest BCUT2D eigenvalue weighted by atomic mass is 16.5. The molecule has 6 heteroatoms. The third-order valence-electron chi connectivity index (χ3n) is 3.09. The van der Waals surface area contributed by atoms with Crippen LogP contribution in [0.2, 0.25) is 0 Å². The zero-order chi connectivity index (χ0) is 13.0. The third kappa shape index (κ3) is 3.46. The Bertz CT molecular complexity index is 399. The molecule has 6 nitrogen and oxygen atoms in total. The molecule has 1 aromatic heterocycles. The Morgan fingerprint density at radius 1 is 1.72 bits per heavy atom. The fraction of sp³-hybridized carbons (Fsp3) is 0.667. The molecule has 100 valence electrons. The second-order valence-electron chi connectivity index (χ2n) is 4.79. The molecule has 0 unspecified atom stereocenters. The lowest BCUT2D eigenvalue weighted by Gasteiger charge is -2.18. The molecule has 18 heavy (non-hydrogen) atoms. The first-order valence-electron chi connectivity index (χ1n) is 6.19. The number of hydrogen-bond donors (Lipinski definition) is 1. The summed E-state index contributed by atoms with van der Waals surface area (Å²) in [5.41, 5.74) is 1.03. The smallest absolute Gasteiger partial charge is 0.317 e. The molecule has 0 radical (unpaired) electrons. The number of nitrogens with one attached hydrogen (secondary N) is 1. The van der Waals surface area contributed by atoms with Crippen LogP contribution < -0.4 is 5.32 Å². The van der Waals surface area contributed by atoms with E-state index in [1.807, 2.05) is 13.2 Å². The van der Waals surface area contributed by atoms with Crippen molar-refractivity contribution in [1.29, 1.82) is 0 Å². The van der Waals surface area contributed by atoms with E-state index in [4.69, 9.17) is 4.74 Å². The summed E-state index contributed by atoms with van der Waals surface area (Å²) in [6.07, 6.45) is 4.72. The highest BCUT2D eigenvalue weighted by Crippen LogP contribution is 2.10. The lowest BCUT2D eigenvalue weighted by atomic mass is 10.1. The van der Waals surface area contributed by atoms with Crippen molar-refractivity contribution >= 4 is 6.03 Å². The normalized spacial score (nSPS) is 18.9. The van der Waals surface area contributed by atoms with Gasteiger partial charge in [0.15, 0.2) is 0 Å². The topological polar surface area (TPSA) is 59.4 Å². The standard InChI is InChI=1S/C12H20N4O2/c1-15(7-11-6-14-16(2)8-11)12(17)13-5-10-3-4-18-9-10/h6,8,10H,3-5,7,9H2,1-2H3,(H,13,17)/t10-/m0/s1. The molecular formula is C12H20N4O2. The quantitative estimate of drug-likeness (QED) is 0.853. The van der Waals surface area contributed by atoms with Gasteiger partial charge in [0, 0.05) is 44.9 Å². The Morgan fingerprint density at radius 2 is 2.56 bits per heavy atom. The fourth-order valence-corrected chi connectivity index (χ4v) is 2.01. The van der Waals surface area contributed by atoms with Crippen molar-refractivity contribution in [1.82, 2.24) is 20.0 Å². The number of ether oxygens (including phenoxy) is 1. The van der Waals surface area contributed by atoms with Crippen LogP contribution in [-0.2, 0) is 18.3 Å². The van der Waals surface area contributed by atoms with Crippen LogP contribution in [0.1, 0.15) is 12.0 Å². The summed E-state index contributed by atoms with van der Waals surface area (Å²) < 4.78 is 7.01. The van der Waals surface area contributed by atoms with Crippen molar-refractivity contribution in [2.24, 2.45) is 13.0 Å². The molecule has 1 aliphatic heterocycles. The molecule has 2 amide bonds. The molecule has 1 aliphatic rings. The Kier molecular flexibility index (Phi) is 4.19. The molecule has 1 atom stereocenters. The lowest BCUT2D eigenvalue weighted by Crippen LogP contribution is -2.39. The highest BCUT2D eigenvalue weighted by Gasteiger charge is 2.17. The number of urea groups is 1. The second kappa shape index (κ2) is 5.86. The van der Waals surface area contributed by atoms with E-state index in [9.17, 15) is 4.79 Å². The first kappa shape index (κ1) is 12.9. The minimum atomic E-state index is -0.0502. The molecule has 0 aromatic carbocycles. The van der Waals surface area contributed by atoms with Crippen molar-refractivity contribution in [3.05, 3.63) is 18.0 Å². The van der Waals surface area contributed by atoms with Crippen LogP contribution in [-0.4, -0.2) is 47.5 Å². The maximum absolute atomic E-state index is 11.9. The molecule has 0 spiro atoms. The van der Waals surface area contributed by atoms with Gasteiger partial charge in [-0.25, -0.2) is 4.79 Å². The molecule has 1 saturated heterocycles. The summed E-state index contributed by atoms with van der Waals surface area (Å²) in [7, 11) is 3.65. The Hall–Kier alpha value is -1.56. The van der Waals surface area contributed by atoms with Gasteiger partial charge in [-0.05, 0) is 6.42 Å². The van der Waals surface area contributed by atoms with E-state index in [-0.39, 0.29) is 6.03 Å². The van der Waals surface area contributed by atoms with E-state index in [0.29, 0.717) is 19.0 Å². The predicted octanol–water partition coefficient (Wildman–Crippen LogP) is 0.598. The summed E-state index contributed by atoms with van der Waals surface area (Å²) >= 11 is 0. The Balaban J connectivity index is 1.74. The van der Waals surface area contributed by atoms with Crippen LogP contribution in [0.25, 0.3) is 0 Å². The summed E-state index contributed by atoms with van der Waals surface area (Å²) in [6, 6.07) is -0.0502. The first-order valence-corrected chi connectivity index (χ1v) is 6.19. The number of hydrogen-bond acceptors (Lipinski definition) is 3. The molecule has 0 aliphatic carbocycles. The van der Waals surface area contributed by atoms with E-state index in [1.54, 1.807) is 22.8 Å². The van der Waals surface area contributed by atoms with Crippen LogP contribution in [0, 0.1) is 5.92 Å². The van der Waals surface area contributed by atoms with Crippen molar-refractivity contribution in [3.8, 4) is 0 Å². The van der Waals surface area contributed by atoms with Crippen molar-refractivity contribution < 1.29 is 9.53 Å². The monoisotopic (exact) mass is 252 g/mol. The Labute approximate surface area is 107 Å². The molecule has 1 aromatic rings. The summed E-state index contributed by atoms with van der Waals surface area (Å²) in [5.74, 6) is 0.459. The predicted molar refractivity (Wildman–Crippen MR) is 67.0 cm³/mol. The van der Waals surface area contributed by atoms with E-state index >= 15 is 0 Å². The number of rotatable bonds is 4. The van der Waals surface area contributed by atoms with Crippen LogP contribution in [0.15, 0.2) is 12.4 Å². The number of carbonyl (C=O) groups excluding carboxylic acids is 1. The molecule has 0 bridgehead atoms. The van der Waals surface area contributed by atoms with Gasteiger partial charge in [0.1, 0.15) is 0 Å². The van der Waals surface area contributed by atoms with Crippen molar-refractivity contribution in [2.75, 3.05) is 26.8 Å². The van der Waals surface area contributed by atoms with Gasteiger partial charge in [-0.1, -0.05) is 0 Å². The molecule has 1 N–H and O–H groups in total. The van der Waals surface area contributed by atoms with Crippen LogP contribution >= 0.6 is 0 Å². The summed E-state index contributed by atoms with van der Waals surface area (Å²) in [4.78, 5) is 13.5. The number of nitrogens with zero attached hydrogens (tertiary/aromatic N) is 3. The summed E-state index contributed by atoms with van der Waals surface area (Å²) in [5, 5.41) is 7.01. The van der Waals surface area contributed by atoms with Gasteiger partial charge in [-0.2, -0.15) is 5.10 Å². The zero-order valence-electron chi connectivity index (χ0n) is 10.9. The first-order chi connectivity index (χ1) is 8.65. The van der Waals surface area contributed by atoms with E-state index in [0.717, 1.165) is 25.2 Å². The van der Waals surface area contributed by atoms with Gasteiger partial charge in [0.25, 0.3) is 0 Å². The van der Waals surface area contributed by atoms with Crippen molar-refractivity contribution in [2.45, 2.75) is 13.0 Å². The van der Waals surface area contributed by atoms with Gasteiger partial charge in [-0.15, -0.1) is 0 Å². The van der Waals surface area contributed by atoms with Gasteiger partial charge in [0.05, 0.1) is 19.3 Å². The molecule has 0 saturated carbocycles. The van der Waals surface area contributed by atoms with E-state index in [2.05, 4.69) is 10.4 Å². The highest BCUT2D eigenvalue weighted by molar-refractivity contribution is 5.73. The minimum Gasteiger partial charge on any atom is -0.381 e. The molecule has 2 rings (SSSR count). The zero-order valence-corrected chi connectivity index (χ0v) is 10.9. The van der Waals surface area contributed by atoms with Crippen LogP contribution in [0.3, 0.4) is 0 Å². The number of aryl methyl sites for hydroxylation is 1. The average Bonchev–Trinajstić information content (AvgIpc) is 2.97. The number of aromatic nitrogens is 2. The third-order valence-corrected chi connectivity index (χ3v) is 3.09. The van der Waals surface area contributed by atoms with Gasteiger partial charge in [-0.3, -0.25) is 4.68 Å². The van der Waals surface area contributed by atoms with E-state index < -0.39 is 0 Å². The molecular weight excluding hydrogens is 232 g/mol. The SMILES string of the molecule is CN(Cc1cnn(C)c1)C(=O)NC[C@@H]1CCOC1. The fourth-order valence-electron chi connectivity index (χ4n) is 2.01. The average molecular weight is 252 g/mol. The molecule has 2 heterocycles. The largest absolute Gasteiger partial charge is 0.381 e. The van der Waals surface area contributed by atoms with E-state index in [1.165, 1.54) is 0 Å². The minimum absolute atomic E-state index is 0.0502.